The fourth-order valence-corrected chi connectivity index (χ4v) is 0.680. The van der Waals surface area contributed by atoms with Crippen LogP contribution in [0.25, 0.3) is 0 Å². The zero-order valence-electron chi connectivity index (χ0n) is 5.29. The van der Waals surface area contributed by atoms with Crippen LogP contribution in [0.2, 0.25) is 0 Å². The molecule has 1 aromatic rings. The van der Waals surface area contributed by atoms with Crippen LogP contribution in [-0.2, 0) is 0 Å². The molecule has 9 heavy (non-hydrogen) atoms. The van der Waals surface area contributed by atoms with Gasteiger partial charge in [0.2, 0.25) is 0 Å². The molecule has 0 spiro atoms. The zero-order valence-corrected chi connectivity index (χ0v) is 6.10. The van der Waals surface area contributed by atoms with Crippen molar-refractivity contribution in [2.45, 2.75) is 0 Å². The van der Waals surface area contributed by atoms with E-state index in [1.807, 2.05) is 22.9 Å². The van der Waals surface area contributed by atoms with E-state index in [-0.39, 0.29) is 0 Å². The Labute approximate surface area is 59.5 Å². The summed E-state index contributed by atoms with van der Waals surface area (Å²) in [5.74, 6) is 0. The lowest BCUT2D eigenvalue weighted by Crippen LogP contribution is -2.11. The maximum Gasteiger partial charge on any atom is 0.00461 e. The van der Waals surface area contributed by atoms with E-state index in [9.17, 15) is 0 Å². The summed E-state index contributed by atoms with van der Waals surface area (Å²) in [6, 6.07) is 4.04. The Kier molecular flexibility index (Phi) is 7.30. The highest BCUT2D eigenvalue weighted by Crippen LogP contribution is 1.91. The molecule has 0 atom stereocenters. The molecule has 0 fully saturated rings. The quantitative estimate of drug-likeness (QED) is 0.608. The molecule has 1 heterocycles. The minimum atomic E-state index is 0.597. The average Bonchev–Trinajstić information content (AvgIpc) is 2.43. The molecule has 0 aliphatic rings. The van der Waals surface area contributed by atoms with Gasteiger partial charge in [-0.3, -0.25) is 0 Å². The molecule has 0 saturated carbocycles. The van der Waals surface area contributed by atoms with Crippen LogP contribution < -0.4 is 11.5 Å². The molecule has 3 heteroatoms. The number of nitrogens with two attached hydrogens (primary N) is 2. The molecular formula is C6H12N2S. The monoisotopic (exact) mass is 144 g/mol. The third-order valence-corrected chi connectivity index (χ3v) is 1.22. The predicted molar refractivity (Wildman–Crippen MR) is 42.4 cm³/mol. The standard InChI is InChI=1S/C4H4S.C2H8N2/c1-2-4-5-3-1;3-1-2-4/h1-4H;1-4H2. The highest BCUT2D eigenvalue weighted by molar-refractivity contribution is 7.07. The Bertz CT molecular complexity index is 86.6. The van der Waals surface area contributed by atoms with Crippen molar-refractivity contribution >= 4 is 11.3 Å². The Morgan fingerprint density at radius 2 is 1.44 bits per heavy atom. The van der Waals surface area contributed by atoms with Crippen LogP contribution >= 0.6 is 11.3 Å². The van der Waals surface area contributed by atoms with Gasteiger partial charge < -0.3 is 11.5 Å². The van der Waals surface area contributed by atoms with Gasteiger partial charge >= 0.3 is 0 Å². The van der Waals surface area contributed by atoms with E-state index in [4.69, 9.17) is 11.5 Å². The molecule has 0 saturated heterocycles. The van der Waals surface area contributed by atoms with E-state index in [1.165, 1.54) is 0 Å². The summed E-state index contributed by atoms with van der Waals surface area (Å²) >= 11 is 1.71. The lowest BCUT2D eigenvalue weighted by atomic mass is 10.7. The van der Waals surface area contributed by atoms with Gasteiger partial charge in [0.15, 0.2) is 0 Å². The second-order valence-corrected chi connectivity index (χ2v) is 2.19. The molecule has 0 bridgehead atoms. The minimum Gasteiger partial charge on any atom is -0.329 e. The SMILES string of the molecule is NCCN.c1ccsc1. The van der Waals surface area contributed by atoms with Crippen molar-refractivity contribution < 1.29 is 0 Å². The van der Waals surface area contributed by atoms with Crippen LogP contribution in [0, 0.1) is 0 Å². The first kappa shape index (κ1) is 8.62. The van der Waals surface area contributed by atoms with E-state index < -0.39 is 0 Å². The fourth-order valence-electron chi connectivity index (χ4n) is 0.227. The molecule has 52 valence electrons. The van der Waals surface area contributed by atoms with Crippen molar-refractivity contribution in [3.05, 3.63) is 22.9 Å². The smallest absolute Gasteiger partial charge is 0.00461 e. The lowest BCUT2D eigenvalue weighted by molar-refractivity contribution is 0.976. The molecule has 4 N–H and O–H groups in total. The second kappa shape index (κ2) is 7.62. The molecule has 0 aliphatic carbocycles. The van der Waals surface area contributed by atoms with Gasteiger partial charge in [0.1, 0.15) is 0 Å². The molecule has 0 amide bonds. The van der Waals surface area contributed by atoms with Gasteiger partial charge in [0.25, 0.3) is 0 Å². The molecule has 0 aromatic carbocycles. The average molecular weight is 144 g/mol. The number of thiophene rings is 1. The highest BCUT2D eigenvalue weighted by atomic mass is 32.1. The summed E-state index contributed by atoms with van der Waals surface area (Å²) < 4.78 is 0. The Hall–Kier alpha value is -0.380. The van der Waals surface area contributed by atoms with Crippen LogP contribution in [0.1, 0.15) is 0 Å². The number of hydrogen-bond donors (Lipinski definition) is 2. The summed E-state index contributed by atoms with van der Waals surface area (Å²) in [5.41, 5.74) is 9.81. The Morgan fingerprint density at radius 1 is 1.00 bits per heavy atom. The first-order valence-corrected chi connectivity index (χ1v) is 3.73. The van der Waals surface area contributed by atoms with E-state index in [0.717, 1.165) is 0 Å². The number of rotatable bonds is 1. The molecule has 0 radical (unpaired) electrons. The predicted octanol–water partition coefficient (Wildman–Crippen LogP) is 0.652. The van der Waals surface area contributed by atoms with Crippen LogP contribution in [0.3, 0.4) is 0 Å². The van der Waals surface area contributed by atoms with Gasteiger partial charge in [0, 0.05) is 13.1 Å². The van der Waals surface area contributed by atoms with Gasteiger partial charge in [-0.2, -0.15) is 11.3 Å². The van der Waals surface area contributed by atoms with Crippen LogP contribution in [0.15, 0.2) is 22.9 Å². The van der Waals surface area contributed by atoms with Crippen molar-refractivity contribution in [1.29, 1.82) is 0 Å². The van der Waals surface area contributed by atoms with Gasteiger partial charge in [-0.15, -0.1) is 0 Å². The third kappa shape index (κ3) is 7.62. The second-order valence-electron chi connectivity index (χ2n) is 1.37. The first-order valence-electron chi connectivity index (χ1n) is 2.79. The van der Waals surface area contributed by atoms with Crippen molar-refractivity contribution in [2.75, 3.05) is 13.1 Å². The molecular weight excluding hydrogens is 132 g/mol. The topological polar surface area (TPSA) is 52.0 Å². The maximum atomic E-state index is 4.90. The van der Waals surface area contributed by atoms with Gasteiger partial charge in [0.05, 0.1) is 0 Å². The minimum absolute atomic E-state index is 0.597. The summed E-state index contributed by atoms with van der Waals surface area (Å²) in [4.78, 5) is 0. The zero-order chi connectivity index (χ0) is 6.95. The summed E-state index contributed by atoms with van der Waals surface area (Å²) in [5, 5.41) is 4.08. The van der Waals surface area contributed by atoms with Crippen molar-refractivity contribution in [1.82, 2.24) is 0 Å². The normalized spacial score (nSPS) is 7.78. The Morgan fingerprint density at radius 3 is 1.56 bits per heavy atom. The lowest BCUT2D eigenvalue weighted by Gasteiger charge is -1.72. The Balaban J connectivity index is 0.000000148. The van der Waals surface area contributed by atoms with E-state index >= 15 is 0 Å². The maximum absolute atomic E-state index is 4.90. The summed E-state index contributed by atoms with van der Waals surface area (Å²) in [6.07, 6.45) is 0. The van der Waals surface area contributed by atoms with Gasteiger partial charge in [-0.05, 0) is 10.8 Å². The van der Waals surface area contributed by atoms with Gasteiger partial charge in [-0.25, -0.2) is 0 Å². The van der Waals surface area contributed by atoms with Gasteiger partial charge in [-0.1, -0.05) is 12.1 Å². The molecule has 0 aliphatic heterocycles. The first-order chi connectivity index (χ1) is 4.41. The van der Waals surface area contributed by atoms with Crippen molar-refractivity contribution in [3.63, 3.8) is 0 Å². The summed E-state index contributed by atoms with van der Waals surface area (Å²) in [7, 11) is 0. The number of hydrogen-bond acceptors (Lipinski definition) is 3. The van der Waals surface area contributed by atoms with Crippen molar-refractivity contribution in [2.24, 2.45) is 11.5 Å². The van der Waals surface area contributed by atoms with E-state index in [1.54, 1.807) is 11.3 Å². The molecule has 1 rings (SSSR count). The molecule has 0 unspecified atom stereocenters. The highest BCUT2D eigenvalue weighted by Gasteiger charge is 1.58. The largest absolute Gasteiger partial charge is 0.329 e. The van der Waals surface area contributed by atoms with Crippen LogP contribution in [0.5, 0.6) is 0 Å². The fraction of sp³-hybridized carbons (Fsp3) is 0.333. The van der Waals surface area contributed by atoms with Crippen LogP contribution in [0.4, 0.5) is 0 Å². The van der Waals surface area contributed by atoms with Crippen LogP contribution in [-0.4, -0.2) is 13.1 Å². The van der Waals surface area contributed by atoms with E-state index in [0.29, 0.717) is 13.1 Å². The summed E-state index contributed by atoms with van der Waals surface area (Å²) in [6.45, 7) is 1.19. The molecule has 2 nitrogen and oxygen atoms in total. The molecule has 1 aromatic heterocycles. The van der Waals surface area contributed by atoms with E-state index in [2.05, 4.69) is 0 Å². The third-order valence-electron chi connectivity index (χ3n) is 0.592. The van der Waals surface area contributed by atoms with Crippen molar-refractivity contribution in [3.8, 4) is 0 Å².